The van der Waals surface area contributed by atoms with E-state index in [-0.39, 0.29) is 11.8 Å². The van der Waals surface area contributed by atoms with Crippen LogP contribution in [0.15, 0.2) is 36.3 Å². The van der Waals surface area contributed by atoms with Gasteiger partial charge in [-0.05, 0) is 25.3 Å². The van der Waals surface area contributed by atoms with Crippen molar-refractivity contribution < 1.29 is 26.3 Å². The van der Waals surface area contributed by atoms with Crippen LogP contribution in [0.1, 0.15) is 0 Å². The van der Waals surface area contributed by atoms with Crippen molar-refractivity contribution in [2.24, 2.45) is 0 Å². The Balaban J connectivity index is 3.07. The quantitative estimate of drug-likeness (QED) is 0.839. The van der Waals surface area contributed by atoms with Crippen molar-refractivity contribution in [3.63, 3.8) is 0 Å². The minimum atomic E-state index is -4.95. The van der Waals surface area contributed by atoms with Crippen LogP contribution in [0, 0.1) is 0 Å². The van der Waals surface area contributed by atoms with E-state index in [9.17, 15) is 26.3 Å². The normalized spacial score (nSPS) is 15.1. The Labute approximate surface area is 110 Å². The molecule has 0 aromatic carbocycles. The number of alkyl halides is 6. The number of anilines is 1. The Kier molecular flexibility index (Phi) is 4.98. The van der Waals surface area contributed by atoms with Gasteiger partial charge in [0.2, 0.25) is 0 Å². The number of likely N-dealkylation sites (N-methyl/N-ethyl adjacent to an activating group) is 1. The third kappa shape index (κ3) is 4.72. The third-order valence-corrected chi connectivity index (χ3v) is 2.24. The van der Waals surface area contributed by atoms with Crippen molar-refractivity contribution in [3.05, 3.63) is 36.3 Å². The summed E-state index contributed by atoms with van der Waals surface area (Å²) in [6.45, 7) is 0. The Morgan fingerprint density at radius 1 is 1.25 bits per heavy atom. The average molecular weight is 299 g/mol. The maximum atomic E-state index is 12.7. The van der Waals surface area contributed by atoms with E-state index in [0.717, 1.165) is 13.2 Å². The van der Waals surface area contributed by atoms with Gasteiger partial charge in [-0.25, -0.2) is 0 Å². The number of hydrogen-bond acceptors (Lipinski definition) is 3. The van der Waals surface area contributed by atoms with Crippen molar-refractivity contribution in [2.75, 3.05) is 12.4 Å². The molecule has 1 aromatic heterocycles. The summed E-state index contributed by atoms with van der Waals surface area (Å²) in [4.78, 5) is 3.57. The van der Waals surface area contributed by atoms with Gasteiger partial charge in [0.05, 0.1) is 11.9 Å². The molecule has 1 atom stereocenters. The molecule has 0 spiro atoms. The van der Waals surface area contributed by atoms with Gasteiger partial charge < -0.3 is 10.6 Å². The maximum Gasteiger partial charge on any atom is 0.430 e. The smallest absolute Gasteiger partial charge is 0.350 e. The van der Waals surface area contributed by atoms with Crippen molar-refractivity contribution in [3.8, 4) is 0 Å². The predicted molar refractivity (Wildman–Crippen MR) is 60.9 cm³/mol. The monoisotopic (exact) mass is 299 g/mol. The van der Waals surface area contributed by atoms with Gasteiger partial charge in [-0.15, -0.1) is 0 Å². The molecule has 1 rings (SSSR count). The van der Waals surface area contributed by atoms with Gasteiger partial charge in [-0.2, -0.15) is 26.3 Å². The van der Waals surface area contributed by atoms with E-state index >= 15 is 0 Å². The standard InChI is InChI=1S/C11H11F6N3/c1-18-8(10(12,13)14)5-9(11(15,16)17)20-7-3-2-4-19-6-7/h2-6,8,18,20H,1H3/b9-5-. The fourth-order valence-electron chi connectivity index (χ4n) is 1.31. The number of allylic oxidation sites excluding steroid dienone is 1. The summed E-state index contributed by atoms with van der Waals surface area (Å²) in [7, 11) is 0.923. The van der Waals surface area contributed by atoms with Crippen LogP contribution in [0.4, 0.5) is 32.0 Å². The van der Waals surface area contributed by atoms with E-state index in [1.807, 2.05) is 5.32 Å². The summed E-state index contributed by atoms with van der Waals surface area (Å²) in [6, 6.07) is 0.202. The number of halogens is 6. The summed E-state index contributed by atoms with van der Waals surface area (Å²) in [5.74, 6) is 0. The van der Waals surface area contributed by atoms with Crippen LogP contribution in [-0.4, -0.2) is 30.4 Å². The van der Waals surface area contributed by atoms with E-state index in [2.05, 4.69) is 4.98 Å². The molecule has 0 aliphatic rings. The molecule has 0 saturated carbocycles. The number of rotatable bonds is 4. The first-order valence-corrected chi connectivity index (χ1v) is 5.34. The van der Waals surface area contributed by atoms with Crippen LogP contribution in [-0.2, 0) is 0 Å². The van der Waals surface area contributed by atoms with Crippen LogP contribution in [0.3, 0.4) is 0 Å². The molecule has 0 aliphatic heterocycles. The molecular weight excluding hydrogens is 288 g/mol. The lowest BCUT2D eigenvalue weighted by Gasteiger charge is -2.20. The Hall–Kier alpha value is -1.77. The van der Waals surface area contributed by atoms with Crippen LogP contribution >= 0.6 is 0 Å². The molecule has 0 saturated heterocycles. The highest BCUT2D eigenvalue weighted by atomic mass is 19.4. The molecule has 0 aliphatic carbocycles. The summed E-state index contributed by atoms with van der Waals surface area (Å²) >= 11 is 0. The summed E-state index contributed by atoms with van der Waals surface area (Å²) < 4.78 is 75.7. The van der Waals surface area contributed by atoms with Crippen molar-refractivity contribution in [1.29, 1.82) is 0 Å². The number of aromatic nitrogens is 1. The molecular formula is C11H11F6N3. The number of nitrogens with zero attached hydrogens (tertiary/aromatic N) is 1. The summed E-state index contributed by atoms with van der Waals surface area (Å²) in [5, 5.41) is 3.66. The highest BCUT2D eigenvalue weighted by molar-refractivity contribution is 5.47. The molecule has 0 radical (unpaired) electrons. The zero-order valence-corrected chi connectivity index (χ0v) is 10.2. The molecule has 112 valence electrons. The first kappa shape index (κ1) is 16.3. The molecule has 20 heavy (non-hydrogen) atoms. The molecule has 2 N–H and O–H groups in total. The van der Waals surface area contributed by atoms with Crippen LogP contribution < -0.4 is 10.6 Å². The highest BCUT2D eigenvalue weighted by Gasteiger charge is 2.41. The molecule has 0 amide bonds. The van der Waals surface area contributed by atoms with E-state index in [0.29, 0.717) is 0 Å². The number of pyridine rings is 1. The van der Waals surface area contributed by atoms with Crippen molar-refractivity contribution in [1.82, 2.24) is 10.3 Å². The zero-order valence-electron chi connectivity index (χ0n) is 10.2. The Morgan fingerprint density at radius 3 is 2.30 bits per heavy atom. The lowest BCUT2D eigenvalue weighted by Crippen LogP contribution is -2.40. The fourth-order valence-corrected chi connectivity index (χ4v) is 1.31. The van der Waals surface area contributed by atoms with Gasteiger partial charge in [-0.3, -0.25) is 4.98 Å². The van der Waals surface area contributed by atoms with E-state index in [4.69, 9.17) is 0 Å². The largest absolute Gasteiger partial charge is 0.430 e. The van der Waals surface area contributed by atoms with Gasteiger partial charge in [-0.1, -0.05) is 0 Å². The topological polar surface area (TPSA) is 37.0 Å². The average Bonchev–Trinajstić information content (AvgIpc) is 2.32. The van der Waals surface area contributed by atoms with Crippen molar-refractivity contribution >= 4 is 5.69 Å². The highest BCUT2D eigenvalue weighted by Crippen LogP contribution is 2.30. The van der Waals surface area contributed by atoms with Gasteiger partial charge in [0, 0.05) is 6.20 Å². The van der Waals surface area contributed by atoms with Gasteiger partial charge >= 0.3 is 12.4 Å². The molecule has 1 unspecified atom stereocenters. The second-order valence-electron chi connectivity index (χ2n) is 3.75. The molecule has 9 heteroatoms. The summed E-state index contributed by atoms with van der Waals surface area (Å²) in [5.41, 5.74) is -1.57. The van der Waals surface area contributed by atoms with Crippen molar-refractivity contribution in [2.45, 2.75) is 18.4 Å². The summed E-state index contributed by atoms with van der Waals surface area (Å²) in [6.07, 6.45) is -7.33. The SMILES string of the molecule is CNC(/C=C(\Nc1cccnc1)C(F)(F)F)C(F)(F)F. The minimum absolute atomic E-state index is 0.0486. The first-order chi connectivity index (χ1) is 9.14. The Morgan fingerprint density at radius 2 is 1.90 bits per heavy atom. The third-order valence-electron chi connectivity index (χ3n) is 2.24. The van der Waals surface area contributed by atoms with E-state index in [1.165, 1.54) is 18.3 Å². The maximum absolute atomic E-state index is 12.7. The first-order valence-electron chi connectivity index (χ1n) is 5.34. The molecule has 1 heterocycles. The number of nitrogens with one attached hydrogen (secondary N) is 2. The predicted octanol–water partition coefficient (Wildman–Crippen LogP) is 3.09. The zero-order chi connectivity index (χ0) is 15.4. The second-order valence-corrected chi connectivity index (χ2v) is 3.75. The van der Waals surface area contributed by atoms with Crippen LogP contribution in [0.25, 0.3) is 0 Å². The van der Waals surface area contributed by atoms with E-state index in [1.54, 1.807) is 5.32 Å². The lowest BCUT2D eigenvalue weighted by atomic mass is 10.2. The minimum Gasteiger partial charge on any atom is -0.350 e. The van der Waals surface area contributed by atoms with Crippen LogP contribution in [0.2, 0.25) is 0 Å². The molecule has 3 nitrogen and oxygen atoms in total. The van der Waals surface area contributed by atoms with Gasteiger partial charge in [0.25, 0.3) is 0 Å². The van der Waals surface area contributed by atoms with Gasteiger partial charge in [0.15, 0.2) is 0 Å². The molecule has 1 aromatic rings. The second kappa shape index (κ2) is 6.12. The Bertz CT molecular complexity index is 451. The molecule has 0 bridgehead atoms. The fraction of sp³-hybridized carbons (Fsp3) is 0.364. The lowest BCUT2D eigenvalue weighted by molar-refractivity contribution is -0.144. The van der Waals surface area contributed by atoms with Crippen LogP contribution in [0.5, 0.6) is 0 Å². The number of hydrogen-bond donors (Lipinski definition) is 2. The molecule has 0 fully saturated rings. The van der Waals surface area contributed by atoms with Gasteiger partial charge in [0.1, 0.15) is 11.7 Å². The van der Waals surface area contributed by atoms with E-state index < -0.39 is 24.1 Å².